The summed E-state index contributed by atoms with van der Waals surface area (Å²) in [6.45, 7) is 5.14. The molecule has 2 aliphatic heterocycles. The first-order valence-electron chi connectivity index (χ1n) is 10.7. The van der Waals surface area contributed by atoms with Crippen molar-refractivity contribution in [2.75, 3.05) is 26.3 Å². The van der Waals surface area contributed by atoms with Crippen LogP contribution in [0.3, 0.4) is 0 Å². The molecule has 0 radical (unpaired) electrons. The van der Waals surface area contributed by atoms with Gasteiger partial charge in [-0.2, -0.15) is 0 Å². The fraction of sp³-hybridized carbons (Fsp3) is 0.458. The zero-order chi connectivity index (χ0) is 19.9. The predicted octanol–water partition coefficient (Wildman–Crippen LogP) is 3.69. The van der Waals surface area contributed by atoms with Crippen molar-refractivity contribution in [2.45, 2.75) is 45.2 Å². The lowest BCUT2D eigenvalue weighted by molar-refractivity contribution is -0.121. The normalized spacial score (nSPS) is 16.4. The number of nitrogens with one attached hydrogen (secondary N) is 1. The summed E-state index contributed by atoms with van der Waals surface area (Å²) in [5, 5.41) is 3.05. The standard InChI is InChI=1S/C24H30N2O3/c27-24(10-8-19-7-9-22-23(16-19)29-14-13-28-22)25-17-20-5-4-6-21(15-20)18-26-11-2-1-3-12-26/h4-7,9,15-16H,1-3,8,10-14,17-18H2,(H,25,27). The van der Waals surface area contributed by atoms with Crippen LogP contribution in [0.4, 0.5) is 0 Å². The molecule has 154 valence electrons. The molecule has 0 spiro atoms. The molecule has 2 heterocycles. The zero-order valence-electron chi connectivity index (χ0n) is 17.0. The molecular weight excluding hydrogens is 364 g/mol. The van der Waals surface area contributed by atoms with Crippen molar-refractivity contribution in [3.8, 4) is 11.5 Å². The SMILES string of the molecule is O=C(CCc1ccc2c(c1)OCCO2)NCc1cccc(CN2CCCCC2)c1. The molecule has 0 aliphatic carbocycles. The van der Waals surface area contributed by atoms with E-state index in [1.165, 1.54) is 37.9 Å². The number of fused-ring (bicyclic) bond motifs is 1. The molecule has 5 nitrogen and oxygen atoms in total. The molecule has 1 amide bonds. The number of ether oxygens (including phenoxy) is 2. The van der Waals surface area contributed by atoms with E-state index in [9.17, 15) is 4.79 Å². The topological polar surface area (TPSA) is 50.8 Å². The molecular formula is C24H30N2O3. The summed E-state index contributed by atoms with van der Waals surface area (Å²) < 4.78 is 11.2. The lowest BCUT2D eigenvalue weighted by Crippen LogP contribution is -2.29. The van der Waals surface area contributed by atoms with Crippen LogP contribution in [0.2, 0.25) is 0 Å². The van der Waals surface area contributed by atoms with Crippen LogP contribution < -0.4 is 14.8 Å². The van der Waals surface area contributed by atoms with E-state index in [4.69, 9.17) is 9.47 Å². The number of aryl methyl sites for hydroxylation is 1. The van der Waals surface area contributed by atoms with Gasteiger partial charge in [-0.3, -0.25) is 9.69 Å². The molecule has 0 atom stereocenters. The smallest absolute Gasteiger partial charge is 0.220 e. The summed E-state index contributed by atoms with van der Waals surface area (Å²) in [6, 6.07) is 14.5. The molecule has 0 aromatic heterocycles. The third kappa shape index (κ3) is 5.73. The Morgan fingerprint density at radius 2 is 1.69 bits per heavy atom. The van der Waals surface area contributed by atoms with E-state index in [0.717, 1.165) is 29.2 Å². The molecule has 1 fully saturated rings. The van der Waals surface area contributed by atoms with Gasteiger partial charge in [-0.05, 0) is 61.2 Å². The Bertz CT molecular complexity index is 831. The number of piperidine rings is 1. The number of nitrogens with zero attached hydrogens (tertiary/aromatic N) is 1. The monoisotopic (exact) mass is 394 g/mol. The highest BCUT2D eigenvalue weighted by Gasteiger charge is 2.13. The van der Waals surface area contributed by atoms with Gasteiger partial charge in [0.2, 0.25) is 5.91 Å². The van der Waals surface area contributed by atoms with Crippen molar-refractivity contribution in [3.05, 3.63) is 59.2 Å². The number of amides is 1. The van der Waals surface area contributed by atoms with E-state index in [1.54, 1.807) is 0 Å². The van der Waals surface area contributed by atoms with E-state index >= 15 is 0 Å². The van der Waals surface area contributed by atoms with Gasteiger partial charge in [0.15, 0.2) is 11.5 Å². The van der Waals surface area contributed by atoms with Gasteiger partial charge in [0.05, 0.1) is 0 Å². The summed E-state index contributed by atoms with van der Waals surface area (Å²) in [5.74, 6) is 1.63. The van der Waals surface area contributed by atoms with Crippen LogP contribution in [0.1, 0.15) is 42.4 Å². The number of hydrogen-bond acceptors (Lipinski definition) is 4. The van der Waals surface area contributed by atoms with Crippen LogP contribution in [0.25, 0.3) is 0 Å². The van der Waals surface area contributed by atoms with E-state index in [1.807, 2.05) is 18.2 Å². The van der Waals surface area contributed by atoms with Gasteiger partial charge in [0.1, 0.15) is 13.2 Å². The Kier molecular flexibility index (Phi) is 6.67. The maximum atomic E-state index is 12.3. The Balaban J connectivity index is 1.23. The average molecular weight is 395 g/mol. The molecule has 29 heavy (non-hydrogen) atoms. The first-order chi connectivity index (χ1) is 14.3. The number of likely N-dealkylation sites (tertiary alicyclic amines) is 1. The minimum Gasteiger partial charge on any atom is -0.486 e. The Labute approximate surface area is 173 Å². The predicted molar refractivity (Wildman–Crippen MR) is 113 cm³/mol. The number of benzene rings is 2. The van der Waals surface area contributed by atoms with Gasteiger partial charge in [-0.25, -0.2) is 0 Å². The van der Waals surface area contributed by atoms with Crippen LogP contribution in [0.15, 0.2) is 42.5 Å². The first kappa shape index (κ1) is 19.8. The summed E-state index contributed by atoms with van der Waals surface area (Å²) in [7, 11) is 0. The molecule has 0 saturated carbocycles. The second-order valence-electron chi connectivity index (χ2n) is 7.91. The Morgan fingerprint density at radius 1 is 0.897 bits per heavy atom. The minimum atomic E-state index is 0.0707. The minimum absolute atomic E-state index is 0.0707. The third-order valence-electron chi connectivity index (χ3n) is 5.58. The van der Waals surface area contributed by atoms with Gasteiger partial charge in [0, 0.05) is 19.5 Å². The maximum absolute atomic E-state index is 12.3. The number of carbonyl (C=O) groups is 1. The van der Waals surface area contributed by atoms with Gasteiger partial charge in [0.25, 0.3) is 0 Å². The molecule has 1 saturated heterocycles. The van der Waals surface area contributed by atoms with Crippen LogP contribution >= 0.6 is 0 Å². The van der Waals surface area contributed by atoms with Crippen molar-refractivity contribution in [1.29, 1.82) is 0 Å². The average Bonchev–Trinajstić information content (AvgIpc) is 2.77. The lowest BCUT2D eigenvalue weighted by Gasteiger charge is -2.26. The van der Waals surface area contributed by atoms with Crippen molar-refractivity contribution in [2.24, 2.45) is 0 Å². The summed E-state index contributed by atoms with van der Waals surface area (Å²) in [5.41, 5.74) is 3.58. The molecule has 0 bridgehead atoms. The second kappa shape index (κ2) is 9.79. The van der Waals surface area contributed by atoms with Gasteiger partial charge in [-0.15, -0.1) is 0 Å². The van der Waals surface area contributed by atoms with Gasteiger partial charge < -0.3 is 14.8 Å². The van der Waals surface area contributed by atoms with Crippen molar-refractivity contribution in [3.63, 3.8) is 0 Å². The lowest BCUT2D eigenvalue weighted by atomic mass is 10.1. The van der Waals surface area contributed by atoms with Gasteiger partial charge in [-0.1, -0.05) is 36.8 Å². The number of hydrogen-bond donors (Lipinski definition) is 1. The molecule has 1 N–H and O–H groups in total. The molecule has 2 aromatic carbocycles. The van der Waals surface area contributed by atoms with Crippen molar-refractivity contribution < 1.29 is 14.3 Å². The fourth-order valence-corrected chi connectivity index (χ4v) is 4.00. The van der Waals surface area contributed by atoms with E-state index in [0.29, 0.717) is 32.6 Å². The Morgan fingerprint density at radius 3 is 2.55 bits per heavy atom. The van der Waals surface area contributed by atoms with E-state index < -0.39 is 0 Å². The molecule has 0 unspecified atom stereocenters. The second-order valence-corrected chi connectivity index (χ2v) is 7.91. The molecule has 5 heteroatoms. The zero-order valence-corrected chi connectivity index (χ0v) is 17.0. The Hall–Kier alpha value is -2.53. The largest absolute Gasteiger partial charge is 0.486 e. The fourth-order valence-electron chi connectivity index (χ4n) is 4.00. The number of carbonyl (C=O) groups excluding carboxylic acids is 1. The molecule has 4 rings (SSSR count). The highest BCUT2D eigenvalue weighted by atomic mass is 16.6. The first-order valence-corrected chi connectivity index (χ1v) is 10.7. The highest BCUT2D eigenvalue weighted by molar-refractivity contribution is 5.76. The number of rotatable bonds is 7. The van der Waals surface area contributed by atoms with Crippen LogP contribution in [0.5, 0.6) is 11.5 Å². The van der Waals surface area contributed by atoms with E-state index in [-0.39, 0.29) is 5.91 Å². The quantitative estimate of drug-likeness (QED) is 0.778. The van der Waals surface area contributed by atoms with Crippen LogP contribution in [-0.4, -0.2) is 37.1 Å². The third-order valence-corrected chi connectivity index (χ3v) is 5.58. The van der Waals surface area contributed by atoms with Crippen molar-refractivity contribution in [1.82, 2.24) is 10.2 Å². The van der Waals surface area contributed by atoms with E-state index in [2.05, 4.69) is 34.5 Å². The maximum Gasteiger partial charge on any atom is 0.220 e. The molecule has 2 aliphatic rings. The summed E-state index contributed by atoms with van der Waals surface area (Å²) in [4.78, 5) is 14.8. The van der Waals surface area contributed by atoms with Crippen molar-refractivity contribution >= 4 is 5.91 Å². The molecule has 2 aromatic rings. The van der Waals surface area contributed by atoms with Crippen LogP contribution in [0, 0.1) is 0 Å². The van der Waals surface area contributed by atoms with Gasteiger partial charge >= 0.3 is 0 Å². The summed E-state index contributed by atoms with van der Waals surface area (Å²) in [6.07, 6.45) is 5.12. The highest BCUT2D eigenvalue weighted by Crippen LogP contribution is 2.31. The summed E-state index contributed by atoms with van der Waals surface area (Å²) >= 11 is 0. The van der Waals surface area contributed by atoms with Crippen LogP contribution in [-0.2, 0) is 24.3 Å².